The molecule has 0 atom stereocenters. The molecule has 0 bridgehead atoms. The van der Waals surface area contributed by atoms with Crippen LogP contribution in [0.4, 0.5) is 0 Å². The van der Waals surface area contributed by atoms with E-state index in [-0.39, 0.29) is 0 Å². The zero-order chi connectivity index (χ0) is 13.0. The first-order valence-electron chi connectivity index (χ1n) is 6.59. The number of rotatable bonds is 4. The number of hydrogen-bond acceptors (Lipinski definition) is 2. The van der Waals surface area contributed by atoms with Gasteiger partial charge < -0.3 is 5.32 Å². The van der Waals surface area contributed by atoms with Crippen molar-refractivity contribution in [2.45, 2.75) is 32.4 Å². The highest BCUT2D eigenvalue weighted by Gasteiger charge is 2.20. The maximum atomic E-state index is 6.30. The number of piperidine rings is 1. The molecule has 0 spiro atoms. The van der Waals surface area contributed by atoms with E-state index < -0.39 is 0 Å². The Balaban J connectivity index is 2.04. The summed E-state index contributed by atoms with van der Waals surface area (Å²) >= 11 is 9.75. The zero-order valence-electron chi connectivity index (χ0n) is 10.8. The molecule has 100 valence electrons. The third-order valence-corrected chi connectivity index (χ3v) is 4.46. The van der Waals surface area contributed by atoms with E-state index in [1.807, 2.05) is 6.07 Å². The second kappa shape index (κ2) is 6.90. The Bertz CT molecular complexity index is 391. The molecular weight excluding hydrogens is 312 g/mol. The van der Waals surface area contributed by atoms with Gasteiger partial charge in [0.2, 0.25) is 0 Å². The van der Waals surface area contributed by atoms with E-state index >= 15 is 0 Å². The summed E-state index contributed by atoms with van der Waals surface area (Å²) in [5, 5.41) is 4.28. The minimum Gasteiger partial charge on any atom is -0.317 e. The molecule has 0 aromatic heterocycles. The van der Waals surface area contributed by atoms with Crippen LogP contribution in [0.1, 0.15) is 25.3 Å². The van der Waals surface area contributed by atoms with E-state index in [0.717, 1.165) is 35.7 Å². The molecule has 4 heteroatoms. The standard InChI is InChI=1S/C14H20BrClN2/c1-2-18(13-5-7-17-8-6-13)10-11-3-4-12(15)9-14(11)16/h3-4,9,13,17H,2,5-8,10H2,1H3. The Morgan fingerprint density at radius 3 is 2.72 bits per heavy atom. The summed E-state index contributed by atoms with van der Waals surface area (Å²) in [7, 11) is 0. The van der Waals surface area contributed by atoms with Crippen LogP contribution in [0.2, 0.25) is 5.02 Å². The van der Waals surface area contributed by atoms with Crippen molar-refractivity contribution in [1.29, 1.82) is 0 Å². The molecule has 1 aromatic rings. The van der Waals surface area contributed by atoms with Crippen molar-refractivity contribution in [2.75, 3.05) is 19.6 Å². The molecule has 0 radical (unpaired) electrons. The maximum Gasteiger partial charge on any atom is 0.0462 e. The van der Waals surface area contributed by atoms with Crippen LogP contribution in [-0.2, 0) is 6.54 Å². The molecule has 18 heavy (non-hydrogen) atoms. The van der Waals surface area contributed by atoms with Crippen LogP contribution in [0.25, 0.3) is 0 Å². The molecule has 1 aliphatic rings. The summed E-state index contributed by atoms with van der Waals surface area (Å²) in [6.45, 7) is 6.53. The molecule has 1 heterocycles. The highest BCUT2D eigenvalue weighted by molar-refractivity contribution is 9.10. The summed E-state index contributed by atoms with van der Waals surface area (Å²) in [4.78, 5) is 2.54. The number of halogens is 2. The normalized spacial score (nSPS) is 17.3. The van der Waals surface area contributed by atoms with Crippen molar-refractivity contribution in [1.82, 2.24) is 10.2 Å². The summed E-state index contributed by atoms with van der Waals surface area (Å²) in [6.07, 6.45) is 2.48. The zero-order valence-corrected chi connectivity index (χ0v) is 13.1. The van der Waals surface area contributed by atoms with Gasteiger partial charge in [-0.1, -0.05) is 40.5 Å². The Morgan fingerprint density at radius 2 is 2.11 bits per heavy atom. The molecule has 0 unspecified atom stereocenters. The summed E-state index contributed by atoms with van der Waals surface area (Å²) in [5.74, 6) is 0. The minimum atomic E-state index is 0.691. The van der Waals surface area contributed by atoms with Gasteiger partial charge in [-0.2, -0.15) is 0 Å². The van der Waals surface area contributed by atoms with Gasteiger partial charge >= 0.3 is 0 Å². The average Bonchev–Trinajstić information content (AvgIpc) is 2.39. The van der Waals surface area contributed by atoms with Crippen LogP contribution in [0.5, 0.6) is 0 Å². The topological polar surface area (TPSA) is 15.3 Å². The molecule has 0 amide bonds. The lowest BCUT2D eigenvalue weighted by Crippen LogP contribution is -2.42. The highest BCUT2D eigenvalue weighted by atomic mass is 79.9. The fraction of sp³-hybridized carbons (Fsp3) is 0.571. The highest BCUT2D eigenvalue weighted by Crippen LogP contribution is 2.24. The van der Waals surface area contributed by atoms with E-state index in [9.17, 15) is 0 Å². The second-order valence-electron chi connectivity index (χ2n) is 4.78. The predicted octanol–water partition coefficient (Wildman–Crippen LogP) is 3.68. The van der Waals surface area contributed by atoms with Crippen molar-refractivity contribution in [3.63, 3.8) is 0 Å². The maximum absolute atomic E-state index is 6.30. The quantitative estimate of drug-likeness (QED) is 0.905. The average molecular weight is 332 g/mol. The van der Waals surface area contributed by atoms with E-state index in [4.69, 9.17) is 11.6 Å². The van der Waals surface area contributed by atoms with Crippen molar-refractivity contribution in [3.8, 4) is 0 Å². The van der Waals surface area contributed by atoms with Gasteiger partial charge in [-0.3, -0.25) is 4.90 Å². The first kappa shape index (κ1) is 14.3. The lowest BCUT2D eigenvalue weighted by molar-refractivity contribution is 0.162. The van der Waals surface area contributed by atoms with E-state index in [2.05, 4.69) is 45.2 Å². The SMILES string of the molecule is CCN(Cc1ccc(Br)cc1Cl)C1CCNCC1. The van der Waals surface area contributed by atoms with Crippen LogP contribution in [-0.4, -0.2) is 30.6 Å². The summed E-state index contributed by atoms with van der Waals surface area (Å²) in [5.41, 5.74) is 1.22. The third kappa shape index (κ3) is 3.70. The van der Waals surface area contributed by atoms with Gasteiger partial charge in [-0.25, -0.2) is 0 Å². The number of benzene rings is 1. The monoisotopic (exact) mass is 330 g/mol. The van der Waals surface area contributed by atoms with Crippen molar-refractivity contribution in [2.24, 2.45) is 0 Å². The van der Waals surface area contributed by atoms with E-state index in [1.165, 1.54) is 18.4 Å². The van der Waals surface area contributed by atoms with Gasteiger partial charge in [0.1, 0.15) is 0 Å². The molecule has 0 saturated carbocycles. The lowest BCUT2D eigenvalue weighted by atomic mass is 10.0. The van der Waals surface area contributed by atoms with E-state index in [0.29, 0.717) is 6.04 Å². The first-order chi connectivity index (χ1) is 8.70. The van der Waals surface area contributed by atoms with Crippen LogP contribution in [0, 0.1) is 0 Å². The Morgan fingerprint density at radius 1 is 1.39 bits per heavy atom. The molecule has 1 saturated heterocycles. The van der Waals surface area contributed by atoms with Crippen molar-refractivity contribution in [3.05, 3.63) is 33.3 Å². The van der Waals surface area contributed by atoms with Gasteiger partial charge in [-0.15, -0.1) is 0 Å². The van der Waals surface area contributed by atoms with Crippen molar-refractivity contribution < 1.29 is 0 Å². The fourth-order valence-corrected chi connectivity index (χ4v) is 3.27. The van der Waals surface area contributed by atoms with Gasteiger partial charge in [0.25, 0.3) is 0 Å². The Kier molecular flexibility index (Phi) is 5.49. The Labute approximate surface area is 123 Å². The molecule has 1 aromatic carbocycles. The third-order valence-electron chi connectivity index (χ3n) is 3.62. The molecule has 0 aliphatic carbocycles. The van der Waals surface area contributed by atoms with Gasteiger partial charge in [0, 0.05) is 22.1 Å². The van der Waals surface area contributed by atoms with Gasteiger partial charge in [0.05, 0.1) is 0 Å². The van der Waals surface area contributed by atoms with Crippen LogP contribution in [0.15, 0.2) is 22.7 Å². The van der Waals surface area contributed by atoms with E-state index in [1.54, 1.807) is 0 Å². The molecular formula is C14H20BrClN2. The molecule has 1 N–H and O–H groups in total. The second-order valence-corrected chi connectivity index (χ2v) is 6.10. The lowest BCUT2D eigenvalue weighted by Gasteiger charge is -2.34. The van der Waals surface area contributed by atoms with Crippen LogP contribution >= 0.6 is 27.5 Å². The Hall–Kier alpha value is -0.0900. The van der Waals surface area contributed by atoms with Crippen LogP contribution < -0.4 is 5.32 Å². The molecule has 1 fully saturated rings. The molecule has 2 nitrogen and oxygen atoms in total. The molecule has 2 rings (SSSR count). The van der Waals surface area contributed by atoms with Gasteiger partial charge in [-0.05, 0) is 50.2 Å². The summed E-state index contributed by atoms with van der Waals surface area (Å²) in [6, 6.07) is 6.86. The number of nitrogens with one attached hydrogen (secondary N) is 1. The smallest absolute Gasteiger partial charge is 0.0462 e. The first-order valence-corrected chi connectivity index (χ1v) is 7.76. The largest absolute Gasteiger partial charge is 0.317 e. The molecule has 1 aliphatic heterocycles. The van der Waals surface area contributed by atoms with Gasteiger partial charge in [0.15, 0.2) is 0 Å². The fourth-order valence-electron chi connectivity index (χ4n) is 2.54. The number of hydrogen-bond donors (Lipinski definition) is 1. The van der Waals surface area contributed by atoms with Crippen LogP contribution in [0.3, 0.4) is 0 Å². The number of nitrogens with zero attached hydrogens (tertiary/aromatic N) is 1. The van der Waals surface area contributed by atoms with Crippen molar-refractivity contribution >= 4 is 27.5 Å². The summed E-state index contributed by atoms with van der Waals surface area (Å²) < 4.78 is 1.04. The predicted molar refractivity (Wildman–Crippen MR) is 81.1 cm³/mol. The minimum absolute atomic E-state index is 0.691.